The predicted octanol–water partition coefficient (Wildman–Crippen LogP) is 0.683. The topological polar surface area (TPSA) is 170 Å². The number of morpholine rings is 1. The summed E-state index contributed by atoms with van der Waals surface area (Å²) in [6.45, 7) is 7.35. The lowest BCUT2D eigenvalue weighted by atomic mass is 9.95. The average Bonchev–Trinajstić information content (AvgIpc) is 3.68. The third kappa shape index (κ3) is 9.02. The summed E-state index contributed by atoms with van der Waals surface area (Å²) in [5, 5.41) is 0. The minimum absolute atomic E-state index is 0.000353. The number of hydrogen-bond donors (Lipinski definition) is 1. The summed E-state index contributed by atoms with van der Waals surface area (Å²) in [4.78, 5) is 71.7. The van der Waals surface area contributed by atoms with Crippen molar-refractivity contribution in [3.05, 3.63) is 24.0 Å². The number of nitrogens with two attached hydrogens (primary N) is 1. The van der Waals surface area contributed by atoms with E-state index in [1.54, 1.807) is 22.9 Å². The largest absolute Gasteiger partial charge is 0.378 e. The third-order valence-electron chi connectivity index (χ3n) is 9.83. The van der Waals surface area contributed by atoms with Gasteiger partial charge in [-0.2, -0.15) is 15.0 Å². The number of hydrogen-bond acceptors (Lipinski definition) is 13. The molecule has 6 rings (SSSR count). The van der Waals surface area contributed by atoms with Crippen molar-refractivity contribution >= 4 is 35.6 Å². The van der Waals surface area contributed by atoms with Gasteiger partial charge in [-0.05, 0) is 38.8 Å². The number of carbonyl (C=O) groups excluding carboxylic acids is 3. The van der Waals surface area contributed by atoms with Crippen molar-refractivity contribution in [3.8, 4) is 11.4 Å². The number of aromatic nitrogens is 5. The second kappa shape index (κ2) is 16.6. The number of amides is 3. The van der Waals surface area contributed by atoms with Gasteiger partial charge in [0.1, 0.15) is 5.69 Å². The second-order valence-corrected chi connectivity index (χ2v) is 13.3. The lowest BCUT2D eigenvalue weighted by molar-refractivity contribution is -0.143. The van der Waals surface area contributed by atoms with Crippen molar-refractivity contribution in [1.29, 1.82) is 0 Å². The van der Waals surface area contributed by atoms with E-state index >= 15 is 0 Å². The smallest absolute Gasteiger partial charge is 0.281 e. The first-order valence-electron chi connectivity index (χ1n) is 17.6. The molecule has 4 saturated heterocycles. The number of anilines is 3. The SMILES string of the molecule is CN(CC(=O)N1CCN(c2nc(-c3cnc(N)nc3C(F)F)nc(N3CCOCC3)n2)CC1)C(=O)C1CCN(C(=O)/C=C/CN2CCCC2)CC1. The van der Waals surface area contributed by atoms with Gasteiger partial charge in [0.05, 0.1) is 25.3 Å². The molecule has 0 saturated carbocycles. The van der Waals surface area contributed by atoms with Crippen LogP contribution >= 0.6 is 0 Å². The molecule has 4 aliphatic heterocycles. The van der Waals surface area contributed by atoms with Crippen molar-refractivity contribution in [3.63, 3.8) is 0 Å². The molecular weight excluding hydrogens is 666 g/mol. The minimum Gasteiger partial charge on any atom is -0.378 e. The van der Waals surface area contributed by atoms with Gasteiger partial charge in [0.25, 0.3) is 6.43 Å². The van der Waals surface area contributed by atoms with E-state index in [9.17, 15) is 23.2 Å². The van der Waals surface area contributed by atoms with E-state index in [4.69, 9.17) is 10.5 Å². The van der Waals surface area contributed by atoms with E-state index in [1.807, 2.05) is 15.9 Å². The van der Waals surface area contributed by atoms with Gasteiger partial charge in [-0.1, -0.05) is 6.08 Å². The highest BCUT2D eigenvalue weighted by atomic mass is 19.3. The number of piperazine rings is 1. The van der Waals surface area contributed by atoms with Crippen LogP contribution in [0.5, 0.6) is 0 Å². The van der Waals surface area contributed by atoms with Gasteiger partial charge in [0, 0.05) is 84.1 Å². The summed E-state index contributed by atoms with van der Waals surface area (Å²) in [6.07, 6.45) is 5.37. The summed E-state index contributed by atoms with van der Waals surface area (Å²) in [5.74, 6) is -0.214. The summed E-state index contributed by atoms with van der Waals surface area (Å²) in [6, 6.07) is 0. The lowest BCUT2D eigenvalue weighted by Gasteiger charge is -2.36. The molecule has 4 fully saturated rings. The Morgan fingerprint density at radius 1 is 0.902 bits per heavy atom. The Kier molecular flexibility index (Phi) is 11.8. The van der Waals surface area contributed by atoms with Gasteiger partial charge >= 0.3 is 0 Å². The number of carbonyl (C=O) groups is 3. The van der Waals surface area contributed by atoms with E-state index in [-0.39, 0.29) is 53.5 Å². The van der Waals surface area contributed by atoms with Gasteiger partial charge in [0.2, 0.25) is 35.6 Å². The first-order valence-corrected chi connectivity index (χ1v) is 17.6. The Hall–Kier alpha value is -4.58. The van der Waals surface area contributed by atoms with Crippen LogP contribution in [0.15, 0.2) is 18.3 Å². The third-order valence-corrected chi connectivity index (χ3v) is 9.83. The molecule has 0 aliphatic carbocycles. The molecule has 0 radical (unpaired) electrons. The normalized spacial score (nSPS) is 19.4. The summed E-state index contributed by atoms with van der Waals surface area (Å²) >= 11 is 0. The number of halogens is 2. The molecule has 276 valence electrons. The van der Waals surface area contributed by atoms with Crippen LogP contribution in [-0.4, -0.2) is 161 Å². The minimum atomic E-state index is -2.93. The number of rotatable bonds is 10. The molecule has 0 bridgehead atoms. The zero-order valence-electron chi connectivity index (χ0n) is 29.0. The number of likely N-dealkylation sites (N-methyl/N-ethyl adjacent to an activating group) is 1. The van der Waals surface area contributed by atoms with Gasteiger partial charge < -0.3 is 35.0 Å². The fraction of sp³-hybridized carbons (Fsp3) is 0.636. The molecule has 3 amide bonds. The molecule has 4 aliphatic rings. The molecule has 2 aromatic rings. The quantitative estimate of drug-likeness (QED) is 0.342. The molecule has 2 aromatic heterocycles. The fourth-order valence-corrected chi connectivity index (χ4v) is 6.84. The first-order chi connectivity index (χ1) is 24.7. The highest BCUT2D eigenvalue weighted by Crippen LogP contribution is 2.30. The van der Waals surface area contributed by atoms with Crippen LogP contribution in [0.4, 0.5) is 26.6 Å². The van der Waals surface area contributed by atoms with E-state index in [0.717, 1.165) is 19.6 Å². The fourth-order valence-electron chi connectivity index (χ4n) is 6.84. The van der Waals surface area contributed by atoms with Crippen LogP contribution in [0.3, 0.4) is 0 Å². The highest BCUT2D eigenvalue weighted by molar-refractivity contribution is 5.88. The first kappa shape index (κ1) is 36.2. The van der Waals surface area contributed by atoms with Crippen molar-refractivity contribution in [1.82, 2.24) is 44.5 Å². The maximum Gasteiger partial charge on any atom is 0.281 e. The van der Waals surface area contributed by atoms with Gasteiger partial charge in [0.15, 0.2) is 5.82 Å². The van der Waals surface area contributed by atoms with Crippen LogP contribution in [0, 0.1) is 5.92 Å². The molecule has 0 unspecified atom stereocenters. The van der Waals surface area contributed by atoms with E-state index in [2.05, 4.69) is 29.8 Å². The maximum atomic E-state index is 14.0. The Balaban J connectivity index is 1.03. The number of nitrogens with zero attached hydrogens (tertiary/aromatic N) is 11. The molecule has 51 heavy (non-hydrogen) atoms. The van der Waals surface area contributed by atoms with E-state index in [1.165, 1.54) is 23.9 Å². The van der Waals surface area contributed by atoms with Crippen LogP contribution in [0.25, 0.3) is 11.4 Å². The van der Waals surface area contributed by atoms with Crippen molar-refractivity contribution in [2.45, 2.75) is 32.1 Å². The zero-order chi connectivity index (χ0) is 35.9. The molecule has 0 aromatic carbocycles. The van der Waals surface area contributed by atoms with Crippen LogP contribution in [0.2, 0.25) is 0 Å². The molecule has 6 heterocycles. The summed E-state index contributed by atoms with van der Waals surface area (Å²) in [5.41, 5.74) is 4.98. The van der Waals surface area contributed by atoms with Crippen molar-refractivity contribution < 1.29 is 27.9 Å². The molecule has 0 atom stereocenters. The standard InChI is InChI=1S/C33H46F2N12O4/c1-42(30(50)23-6-11-44(12-7-23)25(48)5-4-10-43-8-2-3-9-43)22-26(49)45-13-15-46(16-14-45)32-39-29(24-21-37-31(36)38-27(24)28(34)35)40-33(41-32)47-17-19-51-20-18-47/h4-5,21,23,28H,2-3,6-20,22H2,1H3,(H2,36,37,38)/b5-4+. The Bertz CT molecular complexity index is 1570. The summed E-state index contributed by atoms with van der Waals surface area (Å²) < 4.78 is 33.4. The zero-order valence-corrected chi connectivity index (χ0v) is 29.0. The lowest BCUT2D eigenvalue weighted by Crippen LogP contribution is -2.52. The van der Waals surface area contributed by atoms with E-state index < -0.39 is 12.1 Å². The number of nitrogen functional groups attached to an aromatic ring is 1. The number of piperidine rings is 1. The van der Waals surface area contributed by atoms with Crippen LogP contribution < -0.4 is 15.5 Å². The number of ether oxygens (including phenoxy) is 1. The Labute approximate surface area is 295 Å². The van der Waals surface area contributed by atoms with Gasteiger partial charge in [-0.15, -0.1) is 0 Å². The van der Waals surface area contributed by atoms with E-state index in [0.29, 0.717) is 84.4 Å². The van der Waals surface area contributed by atoms with Crippen LogP contribution in [0.1, 0.15) is 37.8 Å². The van der Waals surface area contributed by atoms with Crippen LogP contribution in [-0.2, 0) is 19.1 Å². The molecule has 18 heteroatoms. The molecular formula is C33H46F2N12O4. The molecule has 2 N–H and O–H groups in total. The van der Waals surface area contributed by atoms with Gasteiger partial charge in [-0.25, -0.2) is 18.7 Å². The maximum absolute atomic E-state index is 14.0. The van der Waals surface area contributed by atoms with Crippen molar-refractivity contribution in [2.24, 2.45) is 5.92 Å². The highest BCUT2D eigenvalue weighted by Gasteiger charge is 2.31. The second-order valence-electron chi connectivity index (χ2n) is 13.3. The number of alkyl halides is 2. The molecule has 0 spiro atoms. The average molecular weight is 713 g/mol. The van der Waals surface area contributed by atoms with Crippen molar-refractivity contribution in [2.75, 3.05) is 114 Å². The predicted molar refractivity (Wildman–Crippen MR) is 184 cm³/mol. The monoisotopic (exact) mass is 712 g/mol. The summed E-state index contributed by atoms with van der Waals surface area (Å²) in [7, 11) is 1.64. The van der Waals surface area contributed by atoms with Gasteiger partial charge in [-0.3, -0.25) is 19.3 Å². The number of likely N-dealkylation sites (tertiary alicyclic amines) is 2. The Morgan fingerprint density at radius 3 is 2.20 bits per heavy atom. The Morgan fingerprint density at radius 2 is 1.55 bits per heavy atom. The molecule has 16 nitrogen and oxygen atoms in total.